The summed E-state index contributed by atoms with van der Waals surface area (Å²) < 4.78 is 78.8. The van der Waals surface area contributed by atoms with Gasteiger partial charge in [-0.25, -0.2) is 62.3 Å². The highest BCUT2D eigenvalue weighted by molar-refractivity contribution is 6.06. The highest BCUT2D eigenvalue weighted by atomic mass is 16.7. The van der Waals surface area contributed by atoms with Crippen LogP contribution >= 0.6 is 0 Å². The molecule has 11 rings (SSSR count). The van der Waals surface area contributed by atoms with E-state index in [1.54, 1.807) is 85.7 Å². The summed E-state index contributed by atoms with van der Waals surface area (Å²) in [6, 6.07) is 17.7. The van der Waals surface area contributed by atoms with Crippen LogP contribution in [0.3, 0.4) is 0 Å². The first kappa shape index (κ1) is 115. The number of carbonyl (C=O) groups excluding carboxylic acids is 21. The third-order valence-corrected chi connectivity index (χ3v) is 21.2. The second-order valence-electron chi connectivity index (χ2n) is 36.6. The van der Waals surface area contributed by atoms with Crippen LogP contribution < -0.4 is 47.8 Å². The summed E-state index contributed by atoms with van der Waals surface area (Å²) in [5.74, 6) is -13.9. The maximum atomic E-state index is 11.8. The summed E-state index contributed by atoms with van der Waals surface area (Å²) in [4.78, 5) is 255. The molecular weight excluding hydrogens is 1860 g/mol. The van der Waals surface area contributed by atoms with Gasteiger partial charge < -0.3 is 107 Å². The zero-order chi connectivity index (χ0) is 105. The lowest BCUT2D eigenvalue weighted by atomic mass is 9.90. The SMILES string of the molecule is CC(C)C(=O)OCOC(=O)/C=C/C(=O)OC1C(=O)NCC1(C)C.CC1(C)CNC(=O)C1OC(=O)/C=C/C(=O)OC1CC(=O)NC1=O.CC1(C)CNC(=O)C1OC(=O)/C=C/C(=O)OCCCCN1CCOCC1.CC1(C)CNC(=O)C1OC(=O)/C=C/C(=O)OCc1ccccc1.CC1(C)CNC(=O)C1OC(=O)/C=C/C(=O)Oc1ccccc1.Cc1oc(=O)oc1COC(=O)/C=C/C(=O)OC1C(=O)NCC1(C)C. The standard InChI is InChI=1S/C18H28N2O6.C17H19NO5.C16H17NO5.C15H17NO8.C15H21NO7.C14H16N2O7/c1-18(2)13-19-17(23)16(18)26-15(22)6-5-14(21)25-10-4-3-7-20-8-11-24-12-9-20;1-17(2)11-18-16(21)15(17)23-14(20)9-8-13(19)22-10-12-6-4-3-5-7-12;1-16(2)10-17-15(20)14(16)22-13(19)9-8-12(18)21-11-6-4-3-5-7-11;1-8-9(23-14(20)22-8)6-21-10(17)4-5-11(18)24-12-13(19)16-7-15(12,2)3;1-9(2)14(20)22-8-21-10(17)5-6-11(18)23-12-13(19)16-7-15(12,3)4;1-14(2)6-15-13(21)11(14)23-10(19)4-3-9(18)22-7-5-8(17)16-12(7)20/h5-6,16H,3-4,7-13H2,1-2H3,(H,19,23);3-9,15H,10-11H2,1-2H3,(H,18,21);3-9,14H,10H2,1-2H3,(H,17,20);4-5,12H,6-7H2,1-3H3,(H,16,19);5-6,9,12H,7-8H2,1-4H3,(H,16,19);3-4,7,11H,5-6H2,1-2H3,(H,15,21)(H,16,17,20)/b6-5+;2*9-8+;5-4+;6-5+;4-3+. The summed E-state index contributed by atoms with van der Waals surface area (Å²) in [5.41, 5.74) is -2.19. The number of unbranched alkanes of at least 4 members (excludes halogenated alkanes) is 1. The van der Waals surface area contributed by atoms with Crippen LogP contribution in [-0.4, -0.2) is 258 Å². The molecule has 0 spiro atoms. The van der Waals surface area contributed by atoms with Crippen LogP contribution in [0.25, 0.3) is 0 Å². The molecule has 7 atom stereocenters. The van der Waals surface area contributed by atoms with Crippen molar-refractivity contribution in [2.75, 3.05) is 85.5 Å². The monoisotopic (exact) mass is 1980 g/mol. The van der Waals surface area contributed by atoms with E-state index in [0.29, 0.717) is 51.6 Å². The van der Waals surface area contributed by atoms with Crippen molar-refractivity contribution in [2.45, 2.75) is 179 Å². The maximum absolute atomic E-state index is 11.8. The molecule has 0 aliphatic carbocycles. The summed E-state index contributed by atoms with van der Waals surface area (Å²) in [6.07, 6.45) is 5.78. The number of morpholine rings is 1. The Hall–Kier alpha value is -15.1. The van der Waals surface area contributed by atoms with E-state index in [9.17, 15) is 105 Å². The van der Waals surface area contributed by atoms with Gasteiger partial charge in [0.05, 0.1) is 32.2 Å². The van der Waals surface area contributed by atoms with Gasteiger partial charge in [-0.1, -0.05) is 145 Å². The molecule has 8 fully saturated rings. The average molecular weight is 1980 g/mol. The topological polar surface area (TPSA) is 618 Å². The number of rotatable bonds is 32. The van der Waals surface area contributed by atoms with Crippen molar-refractivity contribution in [2.24, 2.45) is 38.4 Å². The first-order chi connectivity index (χ1) is 66.1. The number of para-hydroxylation sites is 1. The van der Waals surface area contributed by atoms with E-state index in [-0.39, 0.29) is 66.6 Å². The van der Waals surface area contributed by atoms with Crippen molar-refractivity contribution >= 4 is 125 Å². The number of ether oxygens (including phenoxy) is 14. The molecule has 8 aliphatic rings. The van der Waals surface area contributed by atoms with Crippen LogP contribution in [0.4, 0.5) is 0 Å². The predicted molar refractivity (Wildman–Crippen MR) is 482 cm³/mol. The quantitative estimate of drug-likeness (QED) is 0.00893. The normalized spacial score (nSPS) is 21.2. The zero-order valence-corrected chi connectivity index (χ0v) is 80.5. The second kappa shape index (κ2) is 53.7. The van der Waals surface area contributed by atoms with Gasteiger partial charge in [0, 0.05) is 158 Å². The molecular formula is C95H118N8O38. The van der Waals surface area contributed by atoms with Gasteiger partial charge >= 0.3 is 83.4 Å². The number of esters is 13. The Kier molecular flexibility index (Phi) is 43.7. The largest absolute Gasteiger partial charge is 0.519 e. The molecule has 1 aromatic heterocycles. The zero-order valence-electron chi connectivity index (χ0n) is 80.5. The van der Waals surface area contributed by atoms with E-state index >= 15 is 0 Å². The number of imide groups is 1. The van der Waals surface area contributed by atoms with Gasteiger partial charge in [0.25, 0.3) is 41.4 Å². The predicted octanol–water partition coefficient (Wildman–Crippen LogP) is 1.92. The van der Waals surface area contributed by atoms with Crippen LogP contribution in [0.5, 0.6) is 5.75 Å². The Morgan fingerprint density at radius 3 is 1.01 bits per heavy atom. The first-order valence-corrected chi connectivity index (χ1v) is 44.2. The molecule has 3 aromatic rings. The molecule has 8 amide bonds. The number of nitrogens with zero attached hydrogens (tertiary/aromatic N) is 1. The van der Waals surface area contributed by atoms with Crippen molar-refractivity contribution in [3.63, 3.8) is 0 Å². The molecule has 46 nitrogen and oxygen atoms in total. The summed E-state index contributed by atoms with van der Waals surface area (Å²) >= 11 is 0. The minimum absolute atomic E-state index is 0.0775. The number of amides is 8. The number of hydrogen-bond donors (Lipinski definition) is 7. The summed E-state index contributed by atoms with van der Waals surface area (Å²) in [7, 11) is 0. The van der Waals surface area contributed by atoms with Gasteiger partial charge in [0.15, 0.2) is 60.9 Å². The molecule has 7 N–H and O–H groups in total. The van der Waals surface area contributed by atoms with Crippen molar-refractivity contribution in [3.8, 4) is 5.75 Å². The summed E-state index contributed by atoms with van der Waals surface area (Å²) in [5, 5.41) is 17.7. The number of benzene rings is 2. The lowest BCUT2D eigenvalue weighted by Crippen LogP contribution is -2.36. The van der Waals surface area contributed by atoms with Gasteiger partial charge in [-0.15, -0.1) is 0 Å². The van der Waals surface area contributed by atoms with Crippen molar-refractivity contribution in [3.05, 3.63) is 161 Å². The summed E-state index contributed by atoms with van der Waals surface area (Å²) in [6.45, 7) is 32.8. The molecule has 9 heterocycles. The molecule has 8 aliphatic heterocycles. The smallest absolute Gasteiger partial charge is 0.463 e. The van der Waals surface area contributed by atoms with E-state index < -0.39 is 183 Å². The first-order valence-electron chi connectivity index (χ1n) is 44.2. The van der Waals surface area contributed by atoms with Crippen molar-refractivity contribution in [1.29, 1.82) is 0 Å². The Bertz CT molecular complexity index is 5300. The molecule has 8 saturated heterocycles. The minimum atomic E-state index is -1.20. The van der Waals surface area contributed by atoms with Gasteiger partial charge in [0.1, 0.15) is 12.4 Å². The van der Waals surface area contributed by atoms with E-state index in [4.69, 9.17) is 56.8 Å². The highest BCUT2D eigenvalue weighted by Gasteiger charge is 2.49. The molecule has 46 heteroatoms. The second-order valence-corrected chi connectivity index (χ2v) is 36.6. The van der Waals surface area contributed by atoms with Crippen LogP contribution in [-0.2, 0) is 175 Å². The van der Waals surface area contributed by atoms with Gasteiger partial charge in [-0.05, 0) is 44.0 Å². The van der Waals surface area contributed by atoms with Crippen molar-refractivity contribution in [1.82, 2.24) is 42.1 Å². The maximum Gasteiger partial charge on any atom is 0.519 e. The number of aryl methyl sites for hydroxylation is 1. The molecule has 2 aromatic carbocycles. The van der Waals surface area contributed by atoms with Crippen LogP contribution in [0.15, 0.2) is 147 Å². The molecule has 0 saturated carbocycles. The fraction of sp³-hybridized carbons (Fsp3) is 0.495. The molecule has 0 radical (unpaired) electrons. The molecule has 141 heavy (non-hydrogen) atoms. The van der Waals surface area contributed by atoms with E-state index in [1.165, 1.54) is 6.92 Å². The Balaban J connectivity index is 0.000000259. The lowest BCUT2D eigenvalue weighted by Gasteiger charge is -2.26. The highest BCUT2D eigenvalue weighted by Crippen LogP contribution is 2.33. The van der Waals surface area contributed by atoms with E-state index in [2.05, 4.69) is 55.1 Å². The minimum Gasteiger partial charge on any atom is -0.463 e. The van der Waals surface area contributed by atoms with Gasteiger partial charge in [-0.3, -0.25) is 53.4 Å². The number of hydrogen-bond acceptors (Lipinski definition) is 39. The number of nitrogens with one attached hydrogen (secondary N) is 7. The Morgan fingerprint density at radius 2 is 0.695 bits per heavy atom. The van der Waals surface area contributed by atoms with Crippen molar-refractivity contribution < 1.29 is 176 Å². The Labute approximate surface area is 809 Å². The van der Waals surface area contributed by atoms with Gasteiger partial charge in [-0.2, -0.15) is 0 Å². The molecule has 0 bridgehead atoms. The van der Waals surface area contributed by atoms with Crippen LogP contribution in [0, 0.1) is 45.3 Å². The third-order valence-electron chi connectivity index (χ3n) is 21.2. The van der Waals surface area contributed by atoms with Gasteiger partial charge in [0.2, 0.25) is 12.7 Å². The fourth-order valence-corrected chi connectivity index (χ4v) is 12.9. The number of carbonyl (C=O) groups is 21. The molecule has 766 valence electrons. The average Bonchev–Trinajstić information content (AvgIpc) is 1.69. The third kappa shape index (κ3) is 39.4. The van der Waals surface area contributed by atoms with Crippen LogP contribution in [0.1, 0.15) is 133 Å². The fourth-order valence-electron chi connectivity index (χ4n) is 12.9. The Morgan fingerprint density at radius 1 is 0.376 bits per heavy atom. The van der Waals surface area contributed by atoms with Crippen LogP contribution in [0.2, 0.25) is 0 Å². The van der Waals surface area contributed by atoms with E-state index in [0.717, 1.165) is 124 Å². The molecule has 7 unspecified atom stereocenters. The lowest BCUT2D eigenvalue weighted by molar-refractivity contribution is -0.167. The van der Waals surface area contributed by atoms with E-state index in [1.807, 2.05) is 77.2 Å².